The largest absolute Gasteiger partial charge is 0.370 e. The first-order chi connectivity index (χ1) is 15.6. The van der Waals surface area contributed by atoms with Gasteiger partial charge in [0.25, 0.3) is 0 Å². The molecule has 0 spiro atoms. The second-order valence-corrected chi connectivity index (χ2v) is 8.67. The van der Waals surface area contributed by atoms with Gasteiger partial charge in [-0.25, -0.2) is 4.98 Å². The van der Waals surface area contributed by atoms with Gasteiger partial charge in [0.1, 0.15) is 17.5 Å². The lowest BCUT2D eigenvalue weighted by molar-refractivity contribution is 0.186. The second kappa shape index (κ2) is 10.2. The summed E-state index contributed by atoms with van der Waals surface area (Å²) < 4.78 is 0. The fourth-order valence-electron chi connectivity index (χ4n) is 4.74. The standard InChI is InChI=1S/C26H30ClN5/c1-3-31(4-2)21-13-15-32(16-14-21)25-22-7-5-6-8-24(22)30-26(23(25)17-28)29-18-19-9-11-20(27)12-10-19/h5-12,21H,3-4,13-16,18H2,1-2H3,(H,29,30). The zero-order valence-electron chi connectivity index (χ0n) is 18.8. The molecule has 0 saturated carbocycles. The van der Waals surface area contributed by atoms with Crippen molar-refractivity contribution in [2.75, 3.05) is 36.4 Å². The summed E-state index contributed by atoms with van der Waals surface area (Å²) in [5, 5.41) is 15.3. The van der Waals surface area contributed by atoms with Gasteiger partial charge < -0.3 is 15.1 Å². The normalized spacial score (nSPS) is 14.7. The lowest BCUT2D eigenvalue weighted by atomic mass is 10.00. The van der Waals surface area contributed by atoms with E-state index in [-0.39, 0.29) is 0 Å². The summed E-state index contributed by atoms with van der Waals surface area (Å²) in [6.45, 7) is 9.11. The molecule has 0 bridgehead atoms. The molecule has 4 rings (SSSR count). The van der Waals surface area contributed by atoms with Gasteiger partial charge in [-0.3, -0.25) is 0 Å². The number of anilines is 2. The average molecular weight is 448 g/mol. The fourth-order valence-corrected chi connectivity index (χ4v) is 4.87. The number of nitrogens with one attached hydrogen (secondary N) is 1. The highest BCUT2D eigenvalue weighted by molar-refractivity contribution is 6.30. The van der Waals surface area contributed by atoms with Crippen molar-refractivity contribution in [2.45, 2.75) is 39.3 Å². The number of halogens is 1. The highest BCUT2D eigenvalue weighted by Crippen LogP contribution is 2.36. The van der Waals surface area contributed by atoms with Gasteiger partial charge in [-0.1, -0.05) is 55.8 Å². The minimum absolute atomic E-state index is 0.584. The third-order valence-electron chi connectivity index (χ3n) is 6.46. The van der Waals surface area contributed by atoms with Gasteiger partial charge in [-0.2, -0.15) is 5.26 Å². The smallest absolute Gasteiger partial charge is 0.147 e. The lowest BCUT2D eigenvalue weighted by Crippen LogP contribution is -2.45. The van der Waals surface area contributed by atoms with Crippen molar-refractivity contribution >= 4 is 34.0 Å². The Labute approximate surface area is 195 Å². The quantitative estimate of drug-likeness (QED) is 0.504. The Morgan fingerprint density at radius 1 is 1.09 bits per heavy atom. The van der Waals surface area contributed by atoms with Gasteiger partial charge in [0.05, 0.1) is 11.2 Å². The molecule has 3 aromatic rings. The van der Waals surface area contributed by atoms with Gasteiger partial charge >= 0.3 is 0 Å². The first-order valence-corrected chi connectivity index (χ1v) is 11.8. The molecular weight excluding hydrogens is 418 g/mol. The third-order valence-corrected chi connectivity index (χ3v) is 6.71. The Morgan fingerprint density at radius 3 is 2.44 bits per heavy atom. The van der Waals surface area contributed by atoms with Crippen LogP contribution in [-0.2, 0) is 6.54 Å². The van der Waals surface area contributed by atoms with E-state index in [4.69, 9.17) is 16.6 Å². The molecule has 0 unspecified atom stereocenters. The molecular formula is C26H30ClN5. The predicted molar refractivity (Wildman–Crippen MR) is 133 cm³/mol. The van der Waals surface area contributed by atoms with E-state index in [9.17, 15) is 5.26 Å². The van der Waals surface area contributed by atoms with Crippen LogP contribution >= 0.6 is 11.6 Å². The van der Waals surface area contributed by atoms with Crippen LogP contribution in [0.1, 0.15) is 37.8 Å². The molecule has 166 valence electrons. The first kappa shape index (κ1) is 22.4. The van der Waals surface area contributed by atoms with Gasteiger partial charge in [-0.05, 0) is 49.7 Å². The molecule has 1 N–H and O–H groups in total. The molecule has 0 radical (unpaired) electrons. The number of hydrogen-bond donors (Lipinski definition) is 1. The van der Waals surface area contributed by atoms with E-state index in [0.29, 0.717) is 29.0 Å². The fraction of sp³-hybridized carbons (Fsp3) is 0.385. The van der Waals surface area contributed by atoms with E-state index in [2.05, 4.69) is 41.1 Å². The summed E-state index contributed by atoms with van der Waals surface area (Å²) in [5.74, 6) is 0.641. The van der Waals surface area contributed by atoms with Crippen LogP contribution in [0.3, 0.4) is 0 Å². The molecule has 0 atom stereocenters. The SMILES string of the molecule is CCN(CC)C1CCN(c2c(C#N)c(NCc3ccc(Cl)cc3)nc3ccccc23)CC1. The molecule has 5 nitrogen and oxygen atoms in total. The summed E-state index contributed by atoms with van der Waals surface area (Å²) in [5.41, 5.74) is 3.63. The molecule has 2 heterocycles. The van der Waals surface area contributed by atoms with E-state index in [1.54, 1.807) is 0 Å². The van der Waals surface area contributed by atoms with Crippen LogP contribution in [0.25, 0.3) is 10.9 Å². The van der Waals surface area contributed by atoms with Gasteiger partial charge in [-0.15, -0.1) is 0 Å². The summed E-state index contributed by atoms with van der Waals surface area (Å²) in [6, 6.07) is 18.9. The molecule has 1 aromatic heterocycles. The zero-order chi connectivity index (χ0) is 22.5. The molecule has 2 aromatic carbocycles. The second-order valence-electron chi connectivity index (χ2n) is 8.23. The van der Waals surface area contributed by atoms with Crippen LogP contribution in [0.5, 0.6) is 0 Å². The van der Waals surface area contributed by atoms with E-state index in [1.165, 1.54) is 0 Å². The maximum Gasteiger partial charge on any atom is 0.147 e. The molecule has 32 heavy (non-hydrogen) atoms. The van der Waals surface area contributed by atoms with Crippen LogP contribution in [0, 0.1) is 11.3 Å². The van der Waals surface area contributed by atoms with Crippen LogP contribution < -0.4 is 10.2 Å². The number of para-hydroxylation sites is 1. The van der Waals surface area contributed by atoms with Gasteiger partial charge in [0.2, 0.25) is 0 Å². The van der Waals surface area contributed by atoms with E-state index in [0.717, 1.165) is 61.2 Å². The number of aromatic nitrogens is 1. The molecule has 1 aliphatic heterocycles. The molecule has 0 aliphatic carbocycles. The van der Waals surface area contributed by atoms with Crippen molar-refractivity contribution in [3.8, 4) is 6.07 Å². The molecule has 1 fully saturated rings. The Kier molecular flexibility index (Phi) is 7.14. The number of benzene rings is 2. The lowest BCUT2D eigenvalue weighted by Gasteiger charge is -2.39. The number of nitriles is 1. The number of hydrogen-bond acceptors (Lipinski definition) is 5. The Bertz CT molecular complexity index is 1090. The van der Waals surface area contributed by atoms with Crippen molar-refractivity contribution in [2.24, 2.45) is 0 Å². The van der Waals surface area contributed by atoms with E-state index >= 15 is 0 Å². The molecule has 0 amide bonds. The van der Waals surface area contributed by atoms with E-state index < -0.39 is 0 Å². The average Bonchev–Trinajstić information content (AvgIpc) is 2.84. The van der Waals surface area contributed by atoms with Crippen molar-refractivity contribution in [3.05, 3.63) is 64.7 Å². The summed E-state index contributed by atoms with van der Waals surface area (Å²) in [7, 11) is 0. The maximum absolute atomic E-state index is 10.2. The van der Waals surface area contributed by atoms with Crippen LogP contribution in [0.15, 0.2) is 48.5 Å². The monoisotopic (exact) mass is 447 g/mol. The number of rotatable bonds is 7. The summed E-state index contributed by atoms with van der Waals surface area (Å²) in [6.07, 6.45) is 2.22. The Hall–Kier alpha value is -2.81. The molecule has 6 heteroatoms. The number of nitrogens with zero attached hydrogens (tertiary/aromatic N) is 4. The predicted octanol–water partition coefficient (Wildman–Crippen LogP) is 5.68. The number of fused-ring (bicyclic) bond motifs is 1. The van der Waals surface area contributed by atoms with Crippen molar-refractivity contribution in [1.29, 1.82) is 5.26 Å². The third kappa shape index (κ3) is 4.67. The highest BCUT2D eigenvalue weighted by Gasteiger charge is 2.27. The van der Waals surface area contributed by atoms with Crippen LogP contribution in [0.2, 0.25) is 5.02 Å². The minimum atomic E-state index is 0.584. The van der Waals surface area contributed by atoms with Crippen LogP contribution in [0.4, 0.5) is 11.5 Å². The minimum Gasteiger partial charge on any atom is -0.370 e. The topological polar surface area (TPSA) is 55.2 Å². The number of piperidine rings is 1. The van der Waals surface area contributed by atoms with Crippen molar-refractivity contribution in [3.63, 3.8) is 0 Å². The van der Waals surface area contributed by atoms with Crippen molar-refractivity contribution in [1.82, 2.24) is 9.88 Å². The summed E-state index contributed by atoms with van der Waals surface area (Å²) in [4.78, 5) is 9.74. The molecule has 1 saturated heterocycles. The highest BCUT2D eigenvalue weighted by atomic mass is 35.5. The Morgan fingerprint density at radius 2 is 1.78 bits per heavy atom. The van der Waals surface area contributed by atoms with Crippen molar-refractivity contribution < 1.29 is 0 Å². The van der Waals surface area contributed by atoms with E-state index in [1.807, 2.05) is 42.5 Å². The summed E-state index contributed by atoms with van der Waals surface area (Å²) >= 11 is 6.01. The zero-order valence-corrected chi connectivity index (χ0v) is 19.6. The van der Waals surface area contributed by atoms with Gasteiger partial charge in [0, 0.05) is 36.1 Å². The maximum atomic E-state index is 10.2. The first-order valence-electron chi connectivity index (χ1n) is 11.4. The van der Waals surface area contributed by atoms with Crippen LogP contribution in [-0.4, -0.2) is 42.1 Å². The molecule has 1 aliphatic rings. The Balaban J connectivity index is 1.65. The van der Waals surface area contributed by atoms with Gasteiger partial charge in [0.15, 0.2) is 0 Å². The number of pyridine rings is 1.